The minimum Gasteiger partial charge on any atom is -0.433 e. The first-order valence-corrected chi connectivity index (χ1v) is 6.14. The third-order valence-corrected chi connectivity index (χ3v) is 3.20. The molecular formula is C12H13ClF2N2O2. The molecule has 2 N–H and O–H groups in total. The second kappa shape index (κ2) is 5.71. The van der Waals surface area contributed by atoms with Crippen LogP contribution in [0.1, 0.15) is 6.42 Å². The molecule has 1 aromatic carbocycles. The molecule has 0 spiro atoms. The van der Waals surface area contributed by atoms with Crippen LogP contribution in [-0.4, -0.2) is 25.6 Å². The van der Waals surface area contributed by atoms with E-state index in [0.717, 1.165) is 0 Å². The summed E-state index contributed by atoms with van der Waals surface area (Å²) in [6.07, 6.45) is 0.303. The van der Waals surface area contributed by atoms with Crippen molar-refractivity contribution in [2.75, 3.05) is 18.0 Å². The molecule has 0 radical (unpaired) electrons. The lowest BCUT2D eigenvalue weighted by Gasteiger charge is -2.20. The number of carbonyl (C=O) groups excluding carboxylic acids is 1. The van der Waals surface area contributed by atoms with Crippen LogP contribution in [-0.2, 0) is 4.79 Å². The first-order valence-electron chi connectivity index (χ1n) is 5.76. The number of amides is 1. The maximum absolute atomic E-state index is 12.3. The Hall–Kier alpha value is -1.40. The van der Waals surface area contributed by atoms with Crippen LogP contribution >= 0.6 is 11.6 Å². The van der Waals surface area contributed by atoms with Gasteiger partial charge in [-0.25, -0.2) is 0 Å². The van der Waals surface area contributed by atoms with Crippen molar-refractivity contribution in [2.24, 2.45) is 11.7 Å². The van der Waals surface area contributed by atoms with Gasteiger partial charge in [0.05, 0.1) is 5.69 Å². The van der Waals surface area contributed by atoms with Gasteiger partial charge in [0, 0.05) is 18.0 Å². The fourth-order valence-electron chi connectivity index (χ4n) is 2.07. The molecule has 19 heavy (non-hydrogen) atoms. The van der Waals surface area contributed by atoms with Crippen LogP contribution in [0.15, 0.2) is 18.2 Å². The van der Waals surface area contributed by atoms with E-state index in [2.05, 4.69) is 4.74 Å². The molecule has 1 atom stereocenters. The second-order valence-corrected chi connectivity index (χ2v) is 4.74. The van der Waals surface area contributed by atoms with Crippen LogP contribution in [0.4, 0.5) is 14.5 Å². The third kappa shape index (κ3) is 3.13. The van der Waals surface area contributed by atoms with Gasteiger partial charge in [0.15, 0.2) is 0 Å². The number of rotatable bonds is 4. The second-order valence-electron chi connectivity index (χ2n) is 4.30. The predicted octanol–water partition coefficient (Wildman–Crippen LogP) is 2.25. The van der Waals surface area contributed by atoms with Crippen LogP contribution in [0, 0.1) is 5.92 Å². The van der Waals surface area contributed by atoms with Gasteiger partial charge in [-0.15, -0.1) is 0 Å². The molecule has 1 saturated heterocycles. The molecule has 1 amide bonds. The Morgan fingerprint density at radius 1 is 1.53 bits per heavy atom. The van der Waals surface area contributed by atoms with E-state index < -0.39 is 6.61 Å². The minimum atomic E-state index is -2.96. The molecule has 1 aliphatic heterocycles. The van der Waals surface area contributed by atoms with Gasteiger partial charge in [0.2, 0.25) is 5.91 Å². The van der Waals surface area contributed by atoms with E-state index in [9.17, 15) is 13.6 Å². The van der Waals surface area contributed by atoms with Crippen molar-refractivity contribution < 1.29 is 18.3 Å². The average Bonchev–Trinajstić information content (AvgIpc) is 2.72. The van der Waals surface area contributed by atoms with Crippen molar-refractivity contribution in [1.29, 1.82) is 0 Å². The molecule has 1 heterocycles. The smallest absolute Gasteiger partial charge is 0.387 e. The number of hydrogen-bond donors (Lipinski definition) is 1. The van der Waals surface area contributed by atoms with Crippen LogP contribution in [0.25, 0.3) is 0 Å². The highest BCUT2D eigenvalue weighted by Gasteiger charge is 2.31. The standard InChI is InChI=1S/C12H13ClF2N2O2/c13-8-1-2-10(19-12(14)15)9(4-8)17-6-7(5-16)3-11(17)18/h1-2,4,7,12H,3,5-6,16H2. The number of alkyl halides is 2. The number of ether oxygens (including phenoxy) is 1. The molecule has 2 rings (SSSR count). The van der Waals surface area contributed by atoms with E-state index in [1.165, 1.54) is 23.1 Å². The maximum atomic E-state index is 12.3. The molecule has 1 unspecified atom stereocenters. The average molecular weight is 291 g/mol. The first kappa shape index (κ1) is 14.0. The number of anilines is 1. The van der Waals surface area contributed by atoms with Crippen LogP contribution in [0.3, 0.4) is 0 Å². The third-order valence-electron chi connectivity index (χ3n) is 2.97. The van der Waals surface area contributed by atoms with E-state index in [1.807, 2.05) is 0 Å². The zero-order chi connectivity index (χ0) is 14.0. The highest BCUT2D eigenvalue weighted by molar-refractivity contribution is 6.31. The maximum Gasteiger partial charge on any atom is 0.387 e. The molecule has 104 valence electrons. The van der Waals surface area contributed by atoms with Crippen LogP contribution < -0.4 is 15.4 Å². The fraction of sp³-hybridized carbons (Fsp3) is 0.417. The quantitative estimate of drug-likeness (QED) is 0.925. The summed E-state index contributed by atoms with van der Waals surface area (Å²) < 4.78 is 29.1. The Morgan fingerprint density at radius 3 is 2.84 bits per heavy atom. The van der Waals surface area contributed by atoms with Gasteiger partial charge in [-0.3, -0.25) is 4.79 Å². The van der Waals surface area contributed by atoms with Gasteiger partial charge in [0.25, 0.3) is 0 Å². The Balaban J connectivity index is 2.32. The van der Waals surface area contributed by atoms with E-state index in [1.54, 1.807) is 0 Å². The SMILES string of the molecule is NCC1CC(=O)N(c2cc(Cl)ccc2OC(F)F)C1. The lowest BCUT2D eigenvalue weighted by Crippen LogP contribution is -2.26. The zero-order valence-electron chi connectivity index (χ0n) is 9.98. The molecular weight excluding hydrogens is 278 g/mol. The van der Waals surface area contributed by atoms with E-state index in [-0.39, 0.29) is 23.3 Å². The van der Waals surface area contributed by atoms with Crippen molar-refractivity contribution in [1.82, 2.24) is 0 Å². The zero-order valence-corrected chi connectivity index (χ0v) is 10.7. The number of halogens is 3. The van der Waals surface area contributed by atoms with Crippen molar-refractivity contribution >= 4 is 23.2 Å². The van der Waals surface area contributed by atoms with Crippen molar-refractivity contribution in [3.05, 3.63) is 23.2 Å². The summed E-state index contributed by atoms with van der Waals surface area (Å²) in [6.45, 7) is -2.20. The van der Waals surface area contributed by atoms with Gasteiger partial charge < -0.3 is 15.4 Å². The Kier molecular flexibility index (Phi) is 4.21. The van der Waals surface area contributed by atoms with E-state index in [0.29, 0.717) is 24.5 Å². The molecule has 1 aromatic rings. The summed E-state index contributed by atoms with van der Waals surface area (Å²) in [5.41, 5.74) is 5.79. The highest BCUT2D eigenvalue weighted by atomic mass is 35.5. The van der Waals surface area contributed by atoms with Gasteiger partial charge in [-0.2, -0.15) is 8.78 Å². The summed E-state index contributed by atoms with van der Waals surface area (Å²) in [7, 11) is 0. The van der Waals surface area contributed by atoms with Gasteiger partial charge in [-0.05, 0) is 30.7 Å². The molecule has 0 saturated carbocycles. The monoisotopic (exact) mass is 290 g/mol. The highest BCUT2D eigenvalue weighted by Crippen LogP contribution is 2.35. The number of nitrogens with two attached hydrogens (primary N) is 1. The number of carbonyl (C=O) groups is 1. The summed E-state index contributed by atoms with van der Waals surface area (Å²) in [4.78, 5) is 13.3. The minimum absolute atomic E-state index is 0.0193. The van der Waals surface area contributed by atoms with Crippen molar-refractivity contribution in [2.45, 2.75) is 13.0 Å². The molecule has 1 fully saturated rings. The number of hydrogen-bond acceptors (Lipinski definition) is 3. The molecule has 4 nitrogen and oxygen atoms in total. The lowest BCUT2D eigenvalue weighted by atomic mass is 10.1. The van der Waals surface area contributed by atoms with Gasteiger partial charge in [-0.1, -0.05) is 11.6 Å². The topological polar surface area (TPSA) is 55.6 Å². The summed E-state index contributed by atoms with van der Waals surface area (Å²) in [6, 6.07) is 4.20. The van der Waals surface area contributed by atoms with Crippen LogP contribution in [0.2, 0.25) is 5.02 Å². The predicted molar refractivity (Wildman–Crippen MR) is 67.6 cm³/mol. The van der Waals surface area contributed by atoms with Gasteiger partial charge in [0.1, 0.15) is 5.75 Å². The summed E-state index contributed by atoms with van der Waals surface area (Å²) >= 11 is 5.84. The number of nitrogens with zero attached hydrogens (tertiary/aromatic N) is 1. The van der Waals surface area contributed by atoms with Crippen molar-refractivity contribution in [3.63, 3.8) is 0 Å². The molecule has 0 bridgehead atoms. The summed E-state index contributed by atoms with van der Waals surface area (Å²) in [5.74, 6) is -0.215. The normalized spacial score (nSPS) is 19.3. The van der Waals surface area contributed by atoms with Crippen LogP contribution in [0.5, 0.6) is 5.75 Å². The van der Waals surface area contributed by atoms with E-state index in [4.69, 9.17) is 17.3 Å². The van der Waals surface area contributed by atoms with E-state index >= 15 is 0 Å². The van der Waals surface area contributed by atoms with Gasteiger partial charge >= 0.3 is 6.61 Å². The molecule has 0 aliphatic carbocycles. The first-order chi connectivity index (χ1) is 9.01. The molecule has 7 heteroatoms. The Labute approximate surface area is 114 Å². The summed E-state index contributed by atoms with van der Waals surface area (Å²) in [5, 5.41) is 0.348. The number of benzene rings is 1. The largest absolute Gasteiger partial charge is 0.433 e. The molecule has 0 aromatic heterocycles. The Morgan fingerprint density at radius 2 is 2.26 bits per heavy atom. The Bertz CT molecular complexity index is 485. The lowest BCUT2D eigenvalue weighted by molar-refractivity contribution is -0.117. The van der Waals surface area contributed by atoms with Crippen molar-refractivity contribution in [3.8, 4) is 5.75 Å². The fourth-order valence-corrected chi connectivity index (χ4v) is 2.24. The molecule has 1 aliphatic rings.